The molecule has 0 unspecified atom stereocenters. The van der Waals surface area contributed by atoms with Crippen molar-refractivity contribution in [2.45, 2.75) is 32.6 Å². The molecule has 0 aliphatic rings. The molecular weight excluding hydrogens is 250 g/mol. The van der Waals surface area contributed by atoms with Crippen LogP contribution in [0.25, 0.3) is 11.5 Å². The van der Waals surface area contributed by atoms with Crippen LogP contribution in [0.1, 0.15) is 37.4 Å². The second-order valence-electron chi connectivity index (χ2n) is 4.76. The third kappa shape index (κ3) is 2.85. The quantitative estimate of drug-likeness (QED) is 0.849. The lowest BCUT2D eigenvalue weighted by atomic mass is 9.98. The molecule has 4 nitrogen and oxygen atoms in total. The van der Waals surface area contributed by atoms with E-state index < -0.39 is 0 Å². The summed E-state index contributed by atoms with van der Waals surface area (Å²) in [5, 5.41) is 0. The van der Waals surface area contributed by atoms with E-state index in [0.29, 0.717) is 17.1 Å². The SMILES string of the molecule is C=C[C@H](C)c1c(CCC)nc(-c2ccccn2)[nH]c1=O. The molecule has 1 atom stereocenters. The van der Waals surface area contributed by atoms with Gasteiger partial charge >= 0.3 is 0 Å². The van der Waals surface area contributed by atoms with Crippen molar-refractivity contribution >= 4 is 0 Å². The van der Waals surface area contributed by atoms with Crippen molar-refractivity contribution in [2.75, 3.05) is 0 Å². The Balaban J connectivity index is 2.59. The van der Waals surface area contributed by atoms with Crippen LogP contribution >= 0.6 is 0 Å². The molecule has 0 radical (unpaired) electrons. The van der Waals surface area contributed by atoms with E-state index in [9.17, 15) is 4.79 Å². The number of pyridine rings is 1. The molecule has 2 aromatic rings. The number of hydrogen-bond donors (Lipinski definition) is 1. The Morgan fingerprint density at radius 2 is 2.25 bits per heavy atom. The highest BCUT2D eigenvalue weighted by Gasteiger charge is 2.16. The van der Waals surface area contributed by atoms with Crippen molar-refractivity contribution in [3.8, 4) is 11.5 Å². The maximum absolute atomic E-state index is 12.3. The Morgan fingerprint density at radius 3 is 2.85 bits per heavy atom. The molecule has 104 valence electrons. The van der Waals surface area contributed by atoms with Crippen molar-refractivity contribution in [1.29, 1.82) is 0 Å². The van der Waals surface area contributed by atoms with Crippen LogP contribution in [-0.2, 0) is 6.42 Å². The fraction of sp³-hybridized carbons (Fsp3) is 0.312. The minimum Gasteiger partial charge on any atom is -0.305 e. The molecule has 0 amide bonds. The van der Waals surface area contributed by atoms with Gasteiger partial charge in [0.15, 0.2) is 5.82 Å². The summed E-state index contributed by atoms with van der Waals surface area (Å²) in [5.41, 5.74) is 2.13. The fourth-order valence-electron chi connectivity index (χ4n) is 2.17. The second-order valence-corrected chi connectivity index (χ2v) is 4.76. The molecule has 0 aromatic carbocycles. The Morgan fingerprint density at radius 1 is 1.45 bits per heavy atom. The van der Waals surface area contributed by atoms with Gasteiger partial charge in [-0.2, -0.15) is 0 Å². The molecule has 2 aromatic heterocycles. The molecule has 1 N–H and O–H groups in total. The van der Waals surface area contributed by atoms with E-state index >= 15 is 0 Å². The first kappa shape index (κ1) is 14.2. The maximum Gasteiger partial charge on any atom is 0.255 e. The van der Waals surface area contributed by atoms with E-state index in [1.807, 2.05) is 25.1 Å². The van der Waals surface area contributed by atoms with Crippen molar-refractivity contribution < 1.29 is 0 Å². The van der Waals surface area contributed by atoms with Gasteiger partial charge in [-0.25, -0.2) is 4.98 Å². The predicted octanol–water partition coefficient (Wildman–Crippen LogP) is 3.07. The molecule has 2 heterocycles. The van der Waals surface area contributed by atoms with Gasteiger partial charge in [0.2, 0.25) is 0 Å². The van der Waals surface area contributed by atoms with Crippen LogP contribution < -0.4 is 5.56 Å². The van der Waals surface area contributed by atoms with Gasteiger partial charge in [0, 0.05) is 17.7 Å². The Bertz CT molecular complexity index is 647. The summed E-state index contributed by atoms with van der Waals surface area (Å²) < 4.78 is 0. The Kier molecular flexibility index (Phi) is 4.45. The molecule has 20 heavy (non-hydrogen) atoms. The first-order valence-corrected chi connectivity index (χ1v) is 6.84. The zero-order chi connectivity index (χ0) is 14.5. The molecule has 0 saturated carbocycles. The molecule has 4 heteroatoms. The summed E-state index contributed by atoms with van der Waals surface area (Å²) in [4.78, 5) is 24.0. The van der Waals surface area contributed by atoms with Crippen LogP contribution in [-0.4, -0.2) is 15.0 Å². The molecule has 0 bridgehead atoms. The average Bonchev–Trinajstić information content (AvgIpc) is 2.47. The first-order valence-electron chi connectivity index (χ1n) is 6.84. The van der Waals surface area contributed by atoms with Crippen LogP contribution in [0.3, 0.4) is 0 Å². The van der Waals surface area contributed by atoms with E-state index in [0.717, 1.165) is 18.5 Å². The Labute approximate surface area is 118 Å². The standard InChI is InChI=1S/C16H19N3O/c1-4-8-12-14(11(3)5-2)16(20)19-15(18-12)13-9-6-7-10-17-13/h5-7,9-11H,2,4,8H2,1,3H3,(H,18,19,20)/t11-/m0/s1. The normalized spacial score (nSPS) is 12.1. The second kappa shape index (κ2) is 6.28. The maximum atomic E-state index is 12.3. The summed E-state index contributed by atoms with van der Waals surface area (Å²) in [6.07, 6.45) is 5.17. The van der Waals surface area contributed by atoms with E-state index in [-0.39, 0.29) is 11.5 Å². The molecular formula is C16H19N3O. The topological polar surface area (TPSA) is 58.6 Å². The minimum absolute atomic E-state index is 0.00872. The van der Waals surface area contributed by atoms with E-state index in [4.69, 9.17) is 0 Å². The zero-order valence-corrected chi connectivity index (χ0v) is 11.9. The van der Waals surface area contributed by atoms with Crippen LogP contribution in [0.5, 0.6) is 0 Å². The lowest BCUT2D eigenvalue weighted by Crippen LogP contribution is -2.20. The average molecular weight is 269 g/mol. The summed E-state index contributed by atoms with van der Waals surface area (Å²) in [5.74, 6) is 0.518. The van der Waals surface area contributed by atoms with Gasteiger partial charge in [-0.15, -0.1) is 6.58 Å². The highest BCUT2D eigenvalue weighted by Crippen LogP contribution is 2.19. The summed E-state index contributed by atoms with van der Waals surface area (Å²) in [6.45, 7) is 7.80. The molecule has 0 fully saturated rings. The summed E-state index contributed by atoms with van der Waals surface area (Å²) in [7, 11) is 0. The minimum atomic E-state index is -0.100. The van der Waals surface area contributed by atoms with Gasteiger partial charge in [0.25, 0.3) is 5.56 Å². The van der Waals surface area contributed by atoms with Gasteiger partial charge in [0.05, 0.1) is 5.69 Å². The van der Waals surface area contributed by atoms with Crippen molar-refractivity contribution in [3.63, 3.8) is 0 Å². The van der Waals surface area contributed by atoms with Crippen molar-refractivity contribution in [1.82, 2.24) is 15.0 Å². The highest BCUT2D eigenvalue weighted by atomic mass is 16.1. The van der Waals surface area contributed by atoms with E-state index in [1.54, 1.807) is 12.3 Å². The van der Waals surface area contributed by atoms with Gasteiger partial charge in [0.1, 0.15) is 5.69 Å². The zero-order valence-electron chi connectivity index (χ0n) is 11.9. The smallest absolute Gasteiger partial charge is 0.255 e. The third-order valence-corrected chi connectivity index (χ3v) is 3.24. The number of aromatic amines is 1. The predicted molar refractivity (Wildman–Crippen MR) is 80.7 cm³/mol. The number of aromatic nitrogens is 3. The molecule has 0 saturated heterocycles. The van der Waals surface area contributed by atoms with Crippen LogP contribution in [0, 0.1) is 0 Å². The van der Waals surface area contributed by atoms with Crippen LogP contribution in [0.4, 0.5) is 0 Å². The monoisotopic (exact) mass is 269 g/mol. The molecule has 0 spiro atoms. The number of hydrogen-bond acceptors (Lipinski definition) is 3. The summed E-state index contributed by atoms with van der Waals surface area (Å²) in [6, 6.07) is 5.55. The molecule has 0 aliphatic heterocycles. The van der Waals surface area contributed by atoms with Gasteiger partial charge in [-0.1, -0.05) is 32.4 Å². The number of aryl methyl sites for hydroxylation is 1. The lowest BCUT2D eigenvalue weighted by molar-refractivity contribution is 0.807. The number of nitrogens with one attached hydrogen (secondary N) is 1. The molecule has 0 aliphatic carbocycles. The van der Waals surface area contributed by atoms with Crippen molar-refractivity contribution in [3.05, 3.63) is 58.7 Å². The number of nitrogens with zero attached hydrogens (tertiary/aromatic N) is 2. The van der Waals surface area contributed by atoms with E-state index in [1.165, 1.54) is 0 Å². The Hall–Kier alpha value is -2.23. The van der Waals surface area contributed by atoms with E-state index in [2.05, 4.69) is 28.5 Å². The lowest BCUT2D eigenvalue weighted by Gasteiger charge is -2.12. The van der Waals surface area contributed by atoms with Gasteiger partial charge in [-0.3, -0.25) is 9.78 Å². The highest BCUT2D eigenvalue weighted by molar-refractivity contribution is 5.49. The first-order chi connectivity index (χ1) is 9.67. The van der Waals surface area contributed by atoms with Gasteiger partial charge < -0.3 is 4.98 Å². The van der Waals surface area contributed by atoms with Crippen molar-refractivity contribution in [2.24, 2.45) is 0 Å². The van der Waals surface area contributed by atoms with Crippen LogP contribution in [0.15, 0.2) is 41.8 Å². The number of rotatable bonds is 5. The molecule has 2 rings (SSSR count). The number of allylic oxidation sites excluding steroid dienone is 1. The third-order valence-electron chi connectivity index (χ3n) is 3.24. The largest absolute Gasteiger partial charge is 0.305 e. The summed E-state index contributed by atoms with van der Waals surface area (Å²) >= 11 is 0. The fourth-order valence-corrected chi connectivity index (χ4v) is 2.17. The van der Waals surface area contributed by atoms with Crippen LogP contribution in [0.2, 0.25) is 0 Å². The van der Waals surface area contributed by atoms with Gasteiger partial charge in [-0.05, 0) is 18.6 Å². The number of H-pyrrole nitrogens is 1.